The number of pyridine rings is 1. The molecule has 0 unspecified atom stereocenters. The summed E-state index contributed by atoms with van der Waals surface area (Å²) in [6, 6.07) is 6.06. The van der Waals surface area contributed by atoms with Crippen LogP contribution in [0.1, 0.15) is 48.4 Å². The monoisotopic (exact) mass is 408 g/mol. The van der Waals surface area contributed by atoms with Crippen molar-refractivity contribution in [3.8, 4) is 22.0 Å². The summed E-state index contributed by atoms with van der Waals surface area (Å²) in [5, 5.41) is 5.93. The van der Waals surface area contributed by atoms with E-state index in [1.807, 2.05) is 25.3 Å². The Hall–Kier alpha value is -2.73. The standard InChI is InChI=1S/C23H28N4OS/c1-5-8-12-27-16(4)19(22(28)25-10-6-2)14-21(27)20-15-29-23(26-20)17-9-11-24-18(7-3)13-17/h6,9,11,13-15H,2,5,7-8,10,12H2,1,3-4H3,(H,25,28). The smallest absolute Gasteiger partial charge is 0.253 e. The van der Waals surface area contributed by atoms with Gasteiger partial charge in [-0.25, -0.2) is 4.98 Å². The van der Waals surface area contributed by atoms with E-state index in [4.69, 9.17) is 4.98 Å². The highest BCUT2D eigenvalue weighted by atomic mass is 32.1. The van der Waals surface area contributed by atoms with Crippen LogP contribution in [0.5, 0.6) is 0 Å². The zero-order chi connectivity index (χ0) is 20.8. The Morgan fingerprint density at radius 2 is 2.17 bits per heavy atom. The average molecular weight is 409 g/mol. The number of thiazole rings is 1. The fraction of sp³-hybridized carbons (Fsp3) is 0.348. The number of amides is 1. The van der Waals surface area contributed by atoms with Crippen molar-refractivity contribution in [2.45, 2.75) is 46.6 Å². The SMILES string of the molecule is C=CCNC(=O)c1cc(-c2csc(-c3ccnc(CC)c3)n2)n(CCCC)c1C. The van der Waals surface area contributed by atoms with E-state index in [0.29, 0.717) is 12.1 Å². The van der Waals surface area contributed by atoms with Gasteiger partial charge in [0.15, 0.2) is 0 Å². The molecule has 1 N–H and O–H groups in total. The molecule has 29 heavy (non-hydrogen) atoms. The van der Waals surface area contributed by atoms with Crippen molar-refractivity contribution in [1.82, 2.24) is 19.9 Å². The summed E-state index contributed by atoms with van der Waals surface area (Å²) in [6.45, 7) is 11.3. The summed E-state index contributed by atoms with van der Waals surface area (Å²) in [5.41, 5.74) is 5.71. The van der Waals surface area contributed by atoms with Gasteiger partial charge in [-0.05, 0) is 38.0 Å². The lowest BCUT2D eigenvalue weighted by atomic mass is 10.2. The van der Waals surface area contributed by atoms with E-state index in [-0.39, 0.29) is 5.91 Å². The third-order valence-electron chi connectivity index (χ3n) is 4.95. The number of aryl methyl sites for hydroxylation is 1. The van der Waals surface area contributed by atoms with E-state index in [2.05, 4.69) is 46.7 Å². The minimum atomic E-state index is -0.0731. The summed E-state index contributed by atoms with van der Waals surface area (Å²) < 4.78 is 2.22. The van der Waals surface area contributed by atoms with Gasteiger partial charge in [-0.2, -0.15) is 0 Å². The zero-order valence-electron chi connectivity index (χ0n) is 17.4. The van der Waals surface area contributed by atoms with Gasteiger partial charge in [0.1, 0.15) is 5.01 Å². The third-order valence-corrected chi connectivity index (χ3v) is 5.84. The van der Waals surface area contributed by atoms with E-state index in [9.17, 15) is 4.79 Å². The van der Waals surface area contributed by atoms with Gasteiger partial charge in [0.05, 0.1) is 17.0 Å². The van der Waals surface area contributed by atoms with Crippen LogP contribution in [-0.2, 0) is 13.0 Å². The summed E-state index contributed by atoms with van der Waals surface area (Å²) >= 11 is 1.62. The first-order valence-electron chi connectivity index (χ1n) is 10.1. The Kier molecular flexibility index (Phi) is 6.99. The van der Waals surface area contributed by atoms with Crippen molar-refractivity contribution in [3.63, 3.8) is 0 Å². The van der Waals surface area contributed by atoms with Gasteiger partial charge in [-0.3, -0.25) is 9.78 Å². The number of carbonyl (C=O) groups is 1. The Morgan fingerprint density at radius 3 is 2.90 bits per heavy atom. The third kappa shape index (κ3) is 4.65. The number of carbonyl (C=O) groups excluding carboxylic acids is 1. The van der Waals surface area contributed by atoms with Gasteiger partial charge in [-0.1, -0.05) is 26.3 Å². The van der Waals surface area contributed by atoms with E-state index in [0.717, 1.165) is 59.2 Å². The lowest BCUT2D eigenvalue weighted by molar-refractivity contribution is 0.0957. The molecule has 0 saturated carbocycles. The van der Waals surface area contributed by atoms with Gasteiger partial charge in [-0.15, -0.1) is 17.9 Å². The van der Waals surface area contributed by atoms with Gasteiger partial charge >= 0.3 is 0 Å². The largest absolute Gasteiger partial charge is 0.349 e. The normalized spacial score (nSPS) is 10.9. The van der Waals surface area contributed by atoms with Crippen molar-refractivity contribution in [2.24, 2.45) is 0 Å². The molecule has 0 aliphatic carbocycles. The summed E-state index contributed by atoms with van der Waals surface area (Å²) in [4.78, 5) is 21.9. The molecule has 152 valence electrons. The molecule has 3 heterocycles. The molecule has 6 heteroatoms. The van der Waals surface area contributed by atoms with E-state index in [1.54, 1.807) is 17.4 Å². The van der Waals surface area contributed by atoms with Crippen LogP contribution >= 0.6 is 11.3 Å². The number of rotatable bonds is 9. The second kappa shape index (κ2) is 9.65. The quantitative estimate of drug-likeness (QED) is 0.491. The molecule has 0 radical (unpaired) electrons. The molecule has 0 aromatic carbocycles. The number of nitrogens with zero attached hydrogens (tertiary/aromatic N) is 3. The van der Waals surface area contributed by atoms with E-state index in [1.165, 1.54) is 0 Å². The molecule has 0 aliphatic heterocycles. The lowest BCUT2D eigenvalue weighted by Crippen LogP contribution is -2.23. The highest BCUT2D eigenvalue weighted by Gasteiger charge is 2.20. The summed E-state index contributed by atoms with van der Waals surface area (Å²) in [7, 11) is 0. The van der Waals surface area contributed by atoms with Gasteiger partial charge < -0.3 is 9.88 Å². The Morgan fingerprint density at radius 1 is 1.34 bits per heavy atom. The minimum Gasteiger partial charge on any atom is -0.349 e. The van der Waals surface area contributed by atoms with Crippen LogP contribution < -0.4 is 5.32 Å². The van der Waals surface area contributed by atoms with Crippen LogP contribution in [0.2, 0.25) is 0 Å². The number of nitrogens with one attached hydrogen (secondary N) is 1. The first-order valence-corrected chi connectivity index (χ1v) is 11.0. The highest BCUT2D eigenvalue weighted by molar-refractivity contribution is 7.13. The molecule has 3 rings (SSSR count). The molecular weight excluding hydrogens is 380 g/mol. The van der Waals surface area contributed by atoms with Crippen LogP contribution in [-0.4, -0.2) is 27.0 Å². The predicted octanol–water partition coefficient (Wildman–Crippen LogP) is 5.26. The van der Waals surface area contributed by atoms with Gasteiger partial charge in [0.2, 0.25) is 0 Å². The van der Waals surface area contributed by atoms with Crippen molar-refractivity contribution < 1.29 is 4.79 Å². The number of aromatic nitrogens is 3. The Labute approximate surface area is 176 Å². The van der Waals surface area contributed by atoms with Crippen LogP contribution in [0.4, 0.5) is 0 Å². The molecule has 0 bridgehead atoms. The minimum absolute atomic E-state index is 0.0731. The maximum atomic E-state index is 12.6. The van der Waals surface area contributed by atoms with Gasteiger partial charge in [0, 0.05) is 41.6 Å². The molecule has 3 aromatic heterocycles. The van der Waals surface area contributed by atoms with E-state index >= 15 is 0 Å². The van der Waals surface area contributed by atoms with Crippen LogP contribution in [0.25, 0.3) is 22.0 Å². The van der Waals surface area contributed by atoms with Crippen molar-refractivity contribution >= 4 is 17.2 Å². The fourth-order valence-electron chi connectivity index (χ4n) is 3.28. The average Bonchev–Trinajstić information content (AvgIpc) is 3.35. The van der Waals surface area contributed by atoms with Crippen LogP contribution in [0, 0.1) is 6.92 Å². The maximum absolute atomic E-state index is 12.6. The maximum Gasteiger partial charge on any atom is 0.253 e. The molecule has 0 aliphatic rings. The number of hydrogen-bond donors (Lipinski definition) is 1. The fourth-order valence-corrected chi connectivity index (χ4v) is 4.09. The highest BCUT2D eigenvalue weighted by Crippen LogP contribution is 2.32. The van der Waals surface area contributed by atoms with Crippen LogP contribution in [0.3, 0.4) is 0 Å². The van der Waals surface area contributed by atoms with Crippen molar-refractivity contribution in [2.75, 3.05) is 6.54 Å². The lowest BCUT2D eigenvalue weighted by Gasteiger charge is -2.10. The number of unbranched alkanes of at least 4 members (excludes halogenated alkanes) is 1. The molecule has 3 aromatic rings. The molecule has 0 saturated heterocycles. The summed E-state index contributed by atoms with van der Waals surface area (Å²) in [6.07, 6.45) is 6.57. The van der Waals surface area contributed by atoms with Gasteiger partial charge in [0.25, 0.3) is 5.91 Å². The molecule has 0 fully saturated rings. The first kappa shape index (κ1) is 21.0. The predicted molar refractivity (Wildman–Crippen MR) is 120 cm³/mol. The second-order valence-corrected chi connectivity index (χ2v) is 7.82. The number of hydrogen-bond acceptors (Lipinski definition) is 4. The van der Waals surface area contributed by atoms with E-state index < -0.39 is 0 Å². The Balaban J connectivity index is 1.99. The van der Waals surface area contributed by atoms with Crippen LogP contribution in [0.15, 0.2) is 42.4 Å². The van der Waals surface area contributed by atoms with Crippen molar-refractivity contribution in [3.05, 3.63) is 59.4 Å². The molecule has 5 nitrogen and oxygen atoms in total. The summed E-state index contributed by atoms with van der Waals surface area (Å²) in [5.74, 6) is -0.0731. The molecule has 1 amide bonds. The topological polar surface area (TPSA) is 59.8 Å². The zero-order valence-corrected chi connectivity index (χ0v) is 18.2. The second-order valence-electron chi connectivity index (χ2n) is 6.96. The Bertz CT molecular complexity index is 1000. The molecular formula is C23H28N4OS. The molecule has 0 atom stereocenters. The molecule has 0 spiro atoms. The first-order chi connectivity index (χ1) is 14.1. The van der Waals surface area contributed by atoms with Crippen molar-refractivity contribution in [1.29, 1.82) is 0 Å².